The fourth-order valence-corrected chi connectivity index (χ4v) is 4.96. The van der Waals surface area contributed by atoms with E-state index in [1.807, 2.05) is 36.4 Å². The summed E-state index contributed by atoms with van der Waals surface area (Å²) in [6.07, 6.45) is -0.110. The van der Waals surface area contributed by atoms with E-state index in [1.165, 1.54) is 11.3 Å². The lowest BCUT2D eigenvalue weighted by atomic mass is 10.1. The van der Waals surface area contributed by atoms with E-state index in [0.717, 1.165) is 11.1 Å². The number of benzene rings is 2. The molecule has 0 fully saturated rings. The molecule has 0 spiro atoms. The first-order valence-electron chi connectivity index (χ1n) is 9.01. The Morgan fingerprint density at radius 1 is 1.21 bits per heavy atom. The van der Waals surface area contributed by atoms with Gasteiger partial charge in [-0.25, -0.2) is 13.4 Å². The van der Waals surface area contributed by atoms with Crippen LogP contribution < -0.4 is 14.8 Å². The standard InChI is InChI=1S/C20H19N3O4S2/c1-13-19(24)21-16-11-15(7-8-18(16)27-13)17-12-28-20(22-17)23-29(25,26)10-9-14-5-3-2-4-6-14/h2-8,11-13H,9-10H2,1H3,(H,21,24)(H,22,23). The van der Waals surface area contributed by atoms with E-state index in [9.17, 15) is 13.2 Å². The topological polar surface area (TPSA) is 97.4 Å². The van der Waals surface area contributed by atoms with E-state index >= 15 is 0 Å². The molecule has 0 saturated carbocycles. The van der Waals surface area contributed by atoms with Crippen molar-refractivity contribution in [1.29, 1.82) is 0 Å². The zero-order valence-electron chi connectivity index (χ0n) is 15.6. The lowest BCUT2D eigenvalue weighted by Gasteiger charge is -2.23. The molecule has 2 N–H and O–H groups in total. The number of anilines is 2. The predicted octanol–water partition coefficient (Wildman–Crippen LogP) is 3.51. The number of nitrogens with zero attached hydrogens (tertiary/aromatic N) is 1. The molecule has 4 rings (SSSR count). The van der Waals surface area contributed by atoms with E-state index < -0.39 is 16.1 Å². The van der Waals surface area contributed by atoms with Crippen LogP contribution in [0, 0.1) is 0 Å². The van der Waals surface area contributed by atoms with Gasteiger partial charge < -0.3 is 10.1 Å². The first-order valence-corrected chi connectivity index (χ1v) is 11.5. The Morgan fingerprint density at radius 2 is 2.00 bits per heavy atom. The highest BCUT2D eigenvalue weighted by Gasteiger charge is 2.24. The Hall–Kier alpha value is -2.91. The number of ether oxygens (including phenoxy) is 1. The molecule has 150 valence electrons. The number of fused-ring (bicyclic) bond motifs is 1. The van der Waals surface area contributed by atoms with Gasteiger partial charge in [-0.05, 0) is 37.1 Å². The van der Waals surface area contributed by atoms with Crippen LogP contribution in [0.2, 0.25) is 0 Å². The first-order chi connectivity index (χ1) is 13.9. The van der Waals surface area contributed by atoms with Gasteiger partial charge in [0.15, 0.2) is 11.2 Å². The SMILES string of the molecule is CC1Oc2ccc(-c3csc(NS(=O)(=O)CCc4ccccc4)n3)cc2NC1=O. The largest absolute Gasteiger partial charge is 0.479 e. The zero-order valence-corrected chi connectivity index (χ0v) is 17.2. The van der Waals surface area contributed by atoms with Crippen molar-refractivity contribution in [3.8, 4) is 17.0 Å². The van der Waals surface area contributed by atoms with Crippen LogP contribution in [0.4, 0.5) is 10.8 Å². The van der Waals surface area contributed by atoms with Crippen LogP contribution in [0.1, 0.15) is 12.5 Å². The average Bonchev–Trinajstić information content (AvgIpc) is 3.15. The van der Waals surface area contributed by atoms with Crippen molar-refractivity contribution >= 4 is 38.1 Å². The maximum atomic E-state index is 12.4. The minimum atomic E-state index is -3.51. The number of hydrogen-bond acceptors (Lipinski definition) is 6. The summed E-state index contributed by atoms with van der Waals surface area (Å²) in [5.74, 6) is 0.365. The predicted molar refractivity (Wildman–Crippen MR) is 114 cm³/mol. The smallest absolute Gasteiger partial charge is 0.265 e. The number of nitrogens with one attached hydrogen (secondary N) is 2. The number of rotatable bonds is 6. The zero-order chi connectivity index (χ0) is 20.4. The van der Waals surface area contributed by atoms with Crippen LogP contribution in [0.25, 0.3) is 11.3 Å². The summed E-state index contributed by atoms with van der Waals surface area (Å²) in [6, 6.07) is 14.8. The molecule has 1 unspecified atom stereocenters. The molecule has 0 aliphatic carbocycles. The number of amides is 1. The average molecular weight is 430 g/mol. The fourth-order valence-electron chi connectivity index (χ4n) is 2.90. The summed E-state index contributed by atoms with van der Waals surface area (Å²) in [5, 5.41) is 4.87. The second-order valence-electron chi connectivity index (χ2n) is 6.65. The van der Waals surface area contributed by atoms with Gasteiger partial charge in [0.25, 0.3) is 5.91 Å². The van der Waals surface area contributed by atoms with Crippen molar-refractivity contribution in [3.05, 3.63) is 59.5 Å². The third kappa shape index (κ3) is 4.57. The van der Waals surface area contributed by atoms with Crippen molar-refractivity contribution < 1.29 is 17.9 Å². The van der Waals surface area contributed by atoms with Crippen LogP contribution in [-0.4, -0.2) is 31.2 Å². The van der Waals surface area contributed by atoms with Gasteiger partial charge in [-0.3, -0.25) is 9.52 Å². The van der Waals surface area contributed by atoms with Crippen molar-refractivity contribution in [2.45, 2.75) is 19.4 Å². The van der Waals surface area contributed by atoms with E-state index in [1.54, 1.807) is 24.4 Å². The Labute approximate surface area is 172 Å². The highest BCUT2D eigenvalue weighted by Crippen LogP contribution is 2.35. The van der Waals surface area contributed by atoms with Gasteiger partial charge >= 0.3 is 0 Å². The molecule has 0 radical (unpaired) electrons. The molecule has 7 nitrogen and oxygen atoms in total. The maximum absolute atomic E-state index is 12.4. The van der Waals surface area contributed by atoms with Gasteiger partial charge in [0.05, 0.1) is 17.1 Å². The summed E-state index contributed by atoms with van der Waals surface area (Å²) < 4.78 is 32.8. The molecule has 0 bridgehead atoms. The first kappa shape index (κ1) is 19.4. The number of sulfonamides is 1. The monoisotopic (exact) mass is 429 g/mol. The summed E-state index contributed by atoms with van der Waals surface area (Å²) in [4.78, 5) is 16.2. The summed E-state index contributed by atoms with van der Waals surface area (Å²) in [5.41, 5.74) is 2.91. The van der Waals surface area contributed by atoms with E-state index in [0.29, 0.717) is 28.7 Å². The van der Waals surface area contributed by atoms with Crippen LogP contribution in [0.3, 0.4) is 0 Å². The quantitative estimate of drug-likeness (QED) is 0.625. The van der Waals surface area contributed by atoms with Gasteiger partial charge in [-0.15, -0.1) is 11.3 Å². The molecular weight excluding hydrogens is 410 g/mol. The van der Waals surface area contributed by atoms with Crippen molar-refractivity contribution in [3.63, 3.8) is 0 Å². The number of thiazole rings is 1. The molecule has 1 aliphatic rings. The molecule has 9 heteroatoms. The van der Waals surface area contributed by atoms with Crippen molar-refractivity contribution in [1.82, 2.24) is 4.98 Å². The number of carbonyl (C=O) groups excluding carboxylic acids is 1. The second kappa shape index (κ2) is 7.84. The van der Waals surface area contributed by atoms with E-state index in [-0.39, 0.29) is 11.7 Å². The Bertz CT molecular complexity index is 1140. The normalized spacial score (nSPS) is 15.9. The fraction of sp³-hybridized carbons (Fsp3) is 0.200. The van der Waals surface area contributed by atoms with Crippen LogP contribution in [0.15, 0.2) is 53.9 Å². The summed E-state index contributed by atoms with van der Waals surface area (Å²) >= 11 is 1.21. The second-order valence-corrected chi connectivity index (χ2v) is 9.35. The van der Waals surface area contributed by atoms with E-state index in [4.69, 9.17) is 4.74 Å². The Kier molecular flexibility index (Phi) is 5.25. The molecule has 0 saturated heterocycles. The van der Waals surface area contributed by atoms with Crippen LogP contribution >= 0.6 is 11.3 Å². The Balaban J connectivity index is 1.46. The lowest BCUT2D eigenvalue weighted by molar-refractivity contribution is -0.122. The molecule has 1 atom stereocenters. The van der Waals surface area contributed by atoms with Gasteiger partial charge in [0.1, 0.15) is 5.75 Å². The van der Waals surface area contributed by atoms with E-state index in [2.05, 4.69) is 15.0 Å². The number of carbonyl (C=O) groups is 1. The van der Waals surface area contributed by atoms with Crippen LogP contribution in [0.5, 0.6) is 5.75 Å². The molecule has 1 aliphatic heterocycles. The lowest BCUT2D eigenvalue weighted by Crippen LogP contribution is -2.34. The minimum Gasteiger partial charge on any atom is -0.479 e. The molecule has 2 heterocycles. The highest BCUT2D eigenvalue weighted by molar-refractivity contribution is 7.92. The number of aromatic nitrogens is 1. The van der Waals surface area contributed by atoms with Crippen molar-refractivity contribution in [2.75, 3.05) is 15.8 Å². The molecule has 1 amide bonds. The van der Waals surface area contributed by atoms with Gasteiger partial charge in [0.2, 0.25) is 10.0 Å². The van der Waals surface area contributed by atoms with Crippen LogP contribution in [-0.2, 0) is 21.2 Å². The maximum Gasteiger partial charge on any atom is 0.265 e. The molecule has 3 aromatic rings. The third-order valence-corrected chi connectivity index (χ3v) is 6.59. The molecular formula is C20H19N3O4S2. The van der Waals surface area contributed by atoms with Gasteiger partial charge in [0, 0.05) is 10.9 Å². The van der Waals surface area contributed by atoms with Gasteiger partial charge in [-0.1, -0.05) is 30.3 Å². The summed E-state index contributed by atoms with van der Waals surface area (Å²) in [7, 11) is -3.51. The Morgan fingerprint density at radius 3 is 2.79 bits per heavy atom. The molecule has 1 aromatic heterocycles. The molecule has 29 heavy (non-hydrogen) atoms. The van der Waals surface area contributed by atoms with Gasteiger partial charge in [-0.2, -0.15) is 0 Å². The number of aryl methyl sites for hydroxylation is 1. The highest BCUT2D eigenvalue weighted by atomic mass is 32.2. The number of hydrogen-bond donors (Lipinski definition) is 2. The minimum absolute atomic E-state index is 0.0215. The molecule has 2 aromatic carbocycles. The summed E-state index contributed by atoms with van der Waals surface area (Å²) in [6.45, 7) is 1.68. The third-order valence-electron chi connectivity index (χ3n) is 4.46. The van der Waals surface area contributed by atoms with Crippen molar-refractivity contribution in [2.24, 2.45) is 0 Å².